The van der Waals surface area contributed by atoms with Gasteiger partial charge in [-0.2, -0.15) is 16.8 Å². The number of unbranched alkanes of at least 4 members (excludes halogenated alkanes) is 8. The topological polar surface area (TPSA) is 236 Å². The van der Waals surface area contributed by atoms with Crippen molar-refractivity contribution in [2.45, 2.75) is 188 Å². The molecule has 332 valence electrons. The summed E-state index contributed by atoms with van der Waals surface area (Å²) in [5.41, 5.74) is -2.02. The smallest absolute Gasteiger partial charge is 0.327 e. The van der Waals surface area contributed by atoms with E-state index in [4.69, 9.17) is 9.47 Å². The molecule has 0 amide bonds. The third kappa shape index (κ3) is 27.4. The molecule has 0 aromatic carbocycles. The van der Waals surface area contributed by atoms with Crippen LogP contribution >= 0.6 is 0 Å². The van der Waals surface area contributed by atoms with Gasteiger partial charge in [0.15, 0.2) is 10.5 Å². The molecule has 0 aliphatic rings. The summed E-state index contributed by atoms with van der Waals surface area (Å²) < 4.78 is 75.2. The predicted molar refractivity (Wildman–Crippen MR) is 217 cm³/mol. The Kier molecular flexibility index (Phi) is 29.7. The zero-order chi connectivity index (χ0) is 43.5. The van der Waals surface area contributed by atoms with Crippen LogP contribution in [0, 0.1) is 29.1 Å². The summed E-state index contributed by atoms with van der Waals surface area (Å²) in [6.45, 7) is 17.1. The highest BCUT2D eigenvalue weighted by molar-refractivity contribution is 7.87. The zero-order valence-electron chi connectivity index (χ0n) is 35.5. The summed E-state index contributed by atoms with van der Waals surface area (Å²) in [5.74, 6) is -2.98. The molecule has 0 aromatic rings. The van der Waals surface area contributed by atoms with Gasteiger partial charge in [0, 0.05) is 0 Å². The summed E-state index contributed by atoms with van der Waals surface area (Å²) >= 11 is 0. The predicted octanol–water partition coefficient (Wildman–Crippen LogP) is 8.76. The fourth-order valence-electron chi connectivity index (χ4n) is 6.34. The molecular weight excluding hydrogens is 769 g/mol. The standard InChI is InChI=1S/2C20H38O7S/c1-16(2)11-7-5-9-13-26-19(21)15-18(28(23,24)25)20(22)27-14-10-6-8-12-17(3)4;1-15(2)11-7-5-9-13-20(19(23)24,14-10-6-8-12-16(3)4)17(18(21)22)28(25,26)27/h16-18H,5-15H2,1-4H3,(H,23,24,25);15-17H,5-14H2,1-4H3,(H,21,22)(H,23,24)(H,25,26,27). The van der Waals surface area contributed by atoms with Crippen molar-refractivity contribution in [2.75, 3.05) is 13.2 Å². The molecule has 2 unspecified atom stereocenters. The maximum atomic E-state index is 12.1. The Labute approximate surface area is 338 Å². The van der Waals surface area contributed by atoms with Gasteiger partial charge in [-0.3, -0.25) is 28.3 Å². The van der Waals surface area contributed by atoms with Crippen LogP contribution in [0.1, 0.15) is 177 Å². The van der Waals surface area contributed by atoms with Crippen molar-refractivity contribution in [3.05, 3.63) is 0 Å². The Hall–Kier alpha value is -2.30. The summed E-state index contributed by atoms with van der Waals surface area (Å²) in [6.07, 6.45) is 12.2. The van der Waals surface area contributed by atoms with Gasteiger partial charge in [0.25, 0.3) is 20.2 Å². The van der Waals surface area contributed by atoms with Gasteiger partial charge in [-0.05, 0) is 49.4 Å². The van der Waals surface area contributed by atoms with Crippen molar-refractivity contribution in [1.82, 2.24) is 0 Å². The van der Waals surface area contributed by atoms with Crippen LogP contribution in [-0.4, -0.2) is 83.7 Å². The molecule has 4 N–H and O–H groups in total. The summed E-state index contributed by atoms with van der Waals surface area (Å²) in [6, 6.07) is 0. The second-order valence-electron chi connectivity index (χ2n) is 16.8. The number of rotatable bonds is 32. The van der Waals surface area contributed by atoms with E-state index in [9.17, 15) is 55.3 Å². The molecule has 0 bridgehead atoms. The van der Waals surface area contributed by atoms with Crippen LogP contribution in [0.15, 0.2) is 0 Å². The van der Waals surface area contributed by atoms with Crippen molar-refractivity contribution in [1.29, 1.82) is 0 Å². The number of hydrogen-bond acceptors (Lipinski definition) is 10. The average Bonchev–Trinajstić information content (AvgIpc) is 3.04. The Balaban J connectivity index is 0. The van der Waals surface area contributed by atoms with E-state index in [-0.39, 0.29) is 26.1 Å². The first kappa shape index (κ1) is 55.8. The van der Waals surface area contributed by atoms with Gasteiger partial charge < -0.3 is 19.7 Å². The van der Waals surface area contributed by atoms with Crippen molar-refractivity contribution in [3.8, 4) is 0 Å². The molecule has 14 nitrogen and oxygen atoms in total. The van der Waals surface area contributed by atoms with Crippen molar-refractivity contribution in [2.24, 2.45) is 29.1 Å². The minimum absolute atomic E-state index is 0.0633. The molecule has 16 heteroatoms. The first-order valence-electron chi connectivity index (χ1n) is 20.6. The van der Waals surface area contributed by atoms with Crippen LogP contribution in [0.5, 0.6) is 0 Å². The minimum Gasteiger partial charge on any atom is -0.481 e. The lowest BCUT2D eigenvalue weighted by molar-refractivity contribution is -0.156. The quantitative estimate of drug-likeness (QED) is 0.0281. The van der Waals surface area contributed by atoms with Gasteiger partial charge in [0.1, 0.15) is 0 Å². The fourth-order valence-corrected chi connectivity index (χ4v) is 8.16. The molecule has 0 saturated heterocycles. The van der Waals surface area contributed by atoms with Gasteiger partial charge in [-0.15, -0.1) is 0 Å². The van der Waals surface area contributed by atoms with E-state index in [2.05, 4.69) is 55.4 Å². The molecule has 0 saturated carbocycles. The number of carbonyl (C=O) groups excluding carboxylic acids is 2. The van der Waals surface area contributed by atoms with E-state index in [0.29, 0.717) is 62.2 Å². The number of carboxylic acids is 2. The van der Waals surface area contributed by atoms with Gasteiger partial charge in [0.05, 0.1) is 25.0 Å². The molecule has 0 rings (SSSR count). The third-order valence-electron chi connectivity index (χ3n) is 9.59. The summed E-state index contributed by atoms with van der Waals surface area (Å²) in [5, 5.41) is 15.0. The van der Waals surface area contributed by atoms with Crippen LogP contribution in [0.4, 0.5) is 0 Å². The molecule has 2 atom stereocenters. The first-order valence-corrected chi connectivity index (χ1v) is 23.6. The lowest BCUT2D eigenvalue weighted by Crippen LogP contribution is -2.51. The molecule has 0 aromatic heterocycles. The lowest BCUT2D eigenvalue weighted by Gasteiger charge is -2.33. The van der Waals surface area contributed by atoms with E-state index in [1.807, 2.05) is 0 Å². The van der Waals surface area contributed by atoms with Crippen LogP contribution < -0.4 is 0 Å². The average molecular weight is 845 g/mol. The van der Waals surface area contributed by atoms with Crippen molar-refractivity contribution < 1.29 is 64.8 Å². The molecule has 56 heavy (non-hydrogen) atoms. The summed E-state index contributed by atoms with van der Waals surface area (Å²) in [4.78, 5) is 47.6. The maximum absolute atomic E-state index is 12.1. The summed E-state index contributed by atoms with van der Waals surface area (Å²) in [7, 11) is -9.80. The Bertz CT molecular complexity index is 1310. The van der Waals surface area contributed by atoms with Crippen LogP contribution in [0.25, 0.3) is 0 Å². The number of carbonyl (C=O) groups is 4. The van der Waals surface area contributed by atoms with E-state index in [1.54, 1.807) is 0 Å². The number of carboxylic acid groups (broad SMARTS) is 2. The SMILES string of the molecule is CC(C)CCCCCC(CCCCCC(C)C)(C(=O)O)C(C(=O)O)S(=O)(=O)O.CC(C)CCCCCOC(=O)CC(C(=O)OCCCCCC(C)C)S(=O)(=O)O. The molecule has 0 aliphatic carbocycles. The normalized spacial score (nSPS) is 13.4. The number of aliphatic carboxylic acids is 2. The van der Waals surface area contributed by atoms with Crippen molar-refractivity contribution >= 4 is 44.1 Å². The van der Waals surface area contributed by atoms with Crippen molar-refractivity contribution in [3.63, 3.8) is 0 Å². The van der Waals surface area contributed by atoms with E-state index in [0.717, 1.165) is 64.2 Å². The number of hydrogen-bond donors (Lipinski definition) is 4. The molecular formula is C40H76O14S2. The second kappa shape index (κ2) is 29.8. The minimum atomic E-state index is -5.06. The lowest BCUT2D eigenvalue weighted by atomic mass is 9.74. The van der Waals surface area contributed by atoms with E-state index >= 15 is 0 Å². The molecule has 0 heterocycles. The van der Waals surface area contributed by atoms with Crippen LogP contribution in [0.2, 0.25) is 0 Å². The monoisotopic (exact) mass is 844 g/mol. The Morgan fingerprint density at radius 3 is 1.18 bits per heavy atom. The van der Waals surface area contributed by atoms with Gasteiger partial charge in [0.2, 0.25) is 0 Å². The molecule has 0 aliphatic heterocycles. The van der Waals surface area contributed by atoms with Gasteiger partial charge >= 0.3 is 23.9 Å². The number of ether oxygens (including phenoxy) is 2. The first-order chi connectivity index (χ1) is 25.9. The van der Waals surface area contributed by atoms with Gasteiger partial charge in [-0.1, -0.05) is 145 Å². The maximum Gasteiger partial charge on any atom is 0.327 e. The fraction of sp³-hybridized carbons (Fsp3) is 0.900. The molecule has 0 radical (unpaired) electrons. The highest BCUT2D eigenvalue weighted by Crippen LogP contribution is 2.39. The largest absolute Gasteiger partial charge is 0.481 e. The van der Waals surface area contributed by atoms with E-state index < -0.39 is 66.4 Å². The van der Waals surface area contributed by atoms with Crippen LogP contribution in [-0.2, 0) is 48.9 Å². The molecule has 0 fully saturated rings. The van der Waals surface area contributed by atoms with Gasteiger partial charge in [-0.25, -0.2) is 0 Å². The number of esters is 2. The Morgan fingerprint density at radius 2 is 0.875 bits per heavy atom. The molecule has 0 spiro atoms. The van der Waals surface area contributed by atoms with E-state index in [1.165, 1.54) is 0 Å². The zero-order valence-corrected chi connectivity index (χ0v) is 37.1. The highest BCUT2D eigenvalue weighted by atomic mass is 32.2. The highest BCUT2D eigenvalue weighted by Gasteiger charge is 2.55. The Morgan fingerprint density at radius 1 is 0.518 bits per heavy atom. The second-order valence-corrected chi connectivity index (χ2v) is 19.9. The third-order valence-corrected chi connectivity index (χ3v) is 11.9. The van der Waals surface area contributed by atoms with Crippen LogP contribution in [0.3, 0.4) is 0 Å².